The summed E-state index contributed by atoms with van der Waals surface area (Å²) in [6, 6.07) is 7.43. The lowest BCUT2D eigenvalue weighted by Gasteiger charge is -2.17. The van der Waals surface area contributed by atoms with Crippen LogP contribution in [0.25, 0.3) is 0 Å². The second kappa shape index (κ2) is 6.68. The highest BCUT2D eigenvalue weighted by atomic mass is 32.1. The molecule has 1 aromatic carbocycles. The fourth-order valence-corrected chi connectivity index (χ4v) is 2.83. The number of hydrogen-bond donors (Lipinski definition) is 1. The average Bonchev–Trinajstić information content (AvgIpc) is 2.93. The van der Waals surface area contributed by atoms with Gasteiger partial charge in [-0.15, -0.1) is 0 Å². The molecule has 0 saturated heterocycles. The van der Waals surface area contributed by atoms with Crippen LogP contribution in [0.5, 0.6) is 5.75 Å². The standard InChI is InChI=1S/C15H18FNOS/c1-17-14(5-3-11-7-8-19-10-11)12-4-6-15(18-2)13(16)9-12/h4,6-10,14,17H,3,5H2,1-2H3. The van der Waals surface area contributed by atoms with E-state index in [0.29, 0.717) is 0 Å². The first-order chi connectivity index (χ1) is 9.24. The number of nitrogens with one attached hydrogen (secondary N) is 1. The molecule has 0 fully saturated rings. The van der Waals surface area contributed by atoms with E-state index in [2.05, 4.69) is 22.1 Å². The first-order valence-corrected chi connectivity index (χ1v) is 7.20. The Bertz CT molecular complexity index is 513. The second-order valence-electron chi connectivity index (χ2n) is 4.41. The number of ether oxygens (including phenoxy) is 1. The third-order valence-electron chi connectivity index (χ3n) is 3.23. The van der Waals surface area contributed by atoms with Crippen LogP contribution >= 0.6 is 11.3 Å². The quantitative estimate of drug-likeness (QED) is 0.868. The van der Waals surface area contributed by atoms with Crippen molar-refractivity contribution in [1.29, 1.82) is 0 Å². The highest BCUT2D eigenvalue weighted by Crippen LogP contribution is 2.24. The van der Waals surface area contributed by atoms with Gasteiger partial charge in [-0.2, -0.15) is 11.3 Å². The molecule has 0 saturated carbocycles. The number of halogens is 1. The first-order valence-electron chi connectivity index (χ1n) is 6.26. The zero-order valence-electron chi connectivity index (χ0n) is 11.2. The van der Waals surface area contributed by atoms with E-state index < -0.39 is 0 Å². The zero-order chi connectivity index (χ0) is 13.7. The van der Waals surface area contributed by atoms with Crippen LogP contribution in [-0.4, -0.2) is 14.2 Å². The second-order valence-corrected chi connectivity index (χ2v) is 5.19. The Hall–Kier alpha value is -1.39. The summed E-state index contributed by atoms with van der Waals surface area (Å²) >= 11 is 1.71. The van der Waals surface area contributed by atoms with E-state index in [1.165, 1.54) is 12.7 Å². The molecule has 0 amide bonds. The van der Waals surface area contributed by atoms with Gasteiger partial charge in [0.05, 0.1) is 7.11 Å². The lowest BCUT2D eigenvalue weighted by molar-refractivity contribution is 0.385. The molecule has 19 heavy (non-hydrogen) atoms. The predicted molar refractivity (Wildman–Crippen MR) is 77.4 cm³/mol. The molecular formula is C15H18FNOS. The Morgan fingerprint density at radius 1 is 1.37 bits per heavy atom. The van der Waals surface area contributed by atoms with E-state index in [4.69, 9.17) is 4.74 Å². The van der Waals surface area contributed by atoms with E-state index in [1.54, 1.807) is 23.5 Å². The molecule has 2 rings (SSSR count). The minimum absolute atomic E-state index is 0.153. The van der Waals surface area contributed by atoms with Gasteiger partial charge in [-0.25, -0.2) is 4.39 Å². The molecule has 1 aromatic heterocycles. The van der Waals surface area contributed by atoms with Crippen LogP contribution in [0.4, 0.5) is 4.39 Å². The SMILES string of the molecule is CNC(CCc1ccsc1)c1ccc(OC)c(F)c1. The smallest absolute Gasteiger partial charge is 0.165 e. The summed E-state index contributed by atoms with van der Waals surface area (Å²) in [5.41, 5.74) is 2.29. The molecule has 0 bridgehead atoms. The van der Waals surface area contributed by atoms with Crippen molar-refractivity contribution < 1.29 is 9.13 Å². The fraction of sp³-hybridized carbons (Fsp3) is 0.333. The molecule has 0 aliphatic carbocycles. The maximum absolute atomic E-state index is 13.7. The highest BCUT2D eigenvalue weighted by Gasteiger charge is 2.12. The van der Waals surface area contributed by atoms with Gasteiger partial charge in [0.1, 0.15) is 0 Å². The van der Waals surface area contributed by atoms with Crippen molar-refractivity contribution in [2.75, 3.05) is 14.2 Å². The molecule has 2 nitrogen and oxygen atoms in total. The van der Waals surface area contributed by atoms with Gasteiger partial charge in [-0.05, 0) is 60.0 Å². The summed E-state index contributed by atoms with van der Waals surface area (Å²) < 4.78 is 18.6. The Labute approximate surface area is 117 Å². The van der Waals surface area contributed by atoms with Crippen molar-refractivity contribution >= 4 is 11.3 Å². The Kier molecular flexibility index (Phi) is 4.93. The highest BCUT2D eigenvalue weighted by molar-refractivity contribution is 7.07. The molecular weight excluding hydrogens is 261 g/mol. The van der Waals surface area contributed by atoms with Crippen molar-refractivity contribution in [3.05, 3.63) is 52.0 Å². The van der Waals surface area contributed by atoms with Gasteiger partial charge in [0, 0.05) is 6.04 Å². The van der Waals surface area contributed by atoms with Crippen molar-refractivity contribution in [3.63, 3.8) is 0 Å². The van der Waals surface area contributed by atoms with Crippen LogP contribution in [0.1, 0.15) is 23.6 Å². The molecule has 1 atom stereocenters. The number of methoxy groups -OCH3 is 1. The van der Waals surface area contributed by atoms with E-state index in [-0.39, 0.29) is 17.6 Å². The van der Waals surface area contributed by atoms with Crippen LogP contribution in [0, 0.1) is 5.82 Å². The molecule has 1 N–H and O–H groups in total. The summed E-state index contributed by atoms with van der Waals surface area (Å²) in [6.07, 6.45) is 1.93. The van der Waals surface area contributed by atoms with Crippen LogP contribution in [0.3, 0.4) is 0 Å². The molecule has 102 valence electrons. The van der Waals surface area contributed by atoms with Gasteiger partial charge in [0.25, 0.3) is 0 Å². The van der Waals surface area contributed by atoms with Crippen LogP contribution in [-0.2, 0) is 6.42 Å². The number of thiophene rings is 1. The molecule has 1 unspecified atom stereocenters. The van der Waals surface area contributed by atoms with Crippen LogP contribution in [0.15, 0.2) is 35.0 Å². The van der Waals surface area contributed by atoms with Crippen molar-refractivity contribution in [2.45, 2.75) is 18.9 Å². The zero-order valence-corrected chi connectivity index (χ0v) is 12.0. The van der Waals surface area contributed by atoms with Crippen molar-refractivity contribution in [3.8, 4) is 5.75 Å². The van der Waals surface area contributed by atoms with Crippen molar-refractivity contribution in [1.82, 2.24) is 5.32 Å². The number of rotatable bonds is 6. The van der Waals surface area contributed by atoms with Gasteiger partial charge in [0.15, 0.2) is 11.6 Å². The Morgan fingerprint density at radius 3 is 2.79 bits per heavy atom. The molecule has 4 heteroatoms. The number of benzene rings is 1. The number of hydrogen-bond acceptors (Lipinski definition) is 3. The third-order valence-corrected chi connectivity index (χ3v) is 3.96. The van der Waals surface area contributed by atoms with Crippen LogP contribution in [0.2, 0.25) is 0 Å². The van der Waals surface area contributed by atoms with Crippen molar-refractivity contribution in [2.24, 2.45) is 0 Å². The summed E-state index contributed by atoms with van der Waals surface area (Å²) in [5.74, 6) is -0.0211. The normalized spacial score (nSPS) is 12.4. The topological polar surface area (TPSA) is 21.3 Å². The van der Waals surface area contributed by atoms with Gasteiger partial charge in [-0.3, -0.25) is 0 Å². The van der Waals surface area contributed by atoms with Crippen LogP contribution < -0.4 is 10.1 Å². The Morgan fingerprint density at radius 2 is 2.21 bits per heavy atom. The van der Waals surface area contributed by atoms with Gasteiger partial charge < -0.3 is 10.1 Å². The van der Waals surface area contributed by atoms with Gasteiger partial charge in [-0.1, -0.05) is 6.07 Å². The van der Waals surface area contributed by atoms with E-state index in [9.17, 15) is 4.39 Å². The lowest BCUT2D eigenvalue weighted by atomic mass is 10.00. The molecule has 1 heterocycles. The van der Waals surface area contributed by atoms with E-state index in [0.717, 1.165) is 18.4 Å². The predicted octanol–water partition coefficient (Wildman–Crippen LogP) is 3.79. The minimum Gasteiger partial charge on any atom is -0.494 e. The monoisotopic (exact) mass is 279 g/mol. The fourth-order valence-electron chi connectivity index (χ4n) is 2.12. The van der Waals surface area contributed by atoms with E-state index in [1.807, 2.05) is 13.1 Å². The molecule has 0 spiro atoms. The van der Waals surface area contributed by atoms with Gasteiger partial charge >= 0.3 is 0 Å². The summed E-state index contributed by atoms with van der Waals surface area (Å²) in [6.45, 7) is 0. The minimum atomic E-state index is -0.309. The Balaban J connectivity index is 2.06. The maximum atomic E-state index is 13.7. The first kappa shape index (κ1) is 14.0. The van der Waals surface area contributed by atoms with Gasteiger partial charge in [0.2, 0.25) is 0 Å². The lowest BCUT2D eigenvalue weighted by Crippen LogP contribution is -2.17. The molecule has 2 aromatic rings. The largest absolute Gasteiger partial charge is 0.494 e. The average molecular weight is 279 g/mol. The summed E-state index contributed by atoms with van der Waals surface area (Å²) in [7, 11) is 3.38. The molecule has 0 radical (unpaired) electrons. The third kappa shape index (κ3) is 3.55. The molecule has 0 aliphatic rings. The molecule has 0 aliphatic heterocycles. The van der Waals surface area contributed by atoms with E-state index >= 15 is 0 Å². The summed E-state index contributed by atoms with van der Waals surface area (Å²) in [5, 5.41) is 7.48. The maximum Gasteiger partial charge on any atom is 0.165 e. The summed E-state index contributed by atoms with van der Waals surface area (Å²) in [4.78, 5) is 0. The number of aryl methyl sites for hydroxylation is 1.